The molecule has 0 amide bonds. The minimum absolute atomic E-state index is 0.438. The lowest BCUT2D eigenvalue weighted by Crippen LogP contribution is -2.12. The van der Waals surface area contributed by atoms with Crippen LogP contribution in [-0.2, 0) is 17.8 Å². The highest BCUT2D eigenvalue weighted by molar-refractivity contribution is 5.67. The van der Waals surface area contributed by atoms with Crippen LogP contribution in [0.3, 0.4) is 0 Å². The van der Waals surface area contributed by atoms with Crippen molar-refractivity contribution in [2.24, 2.45) is 0 Å². The number of ether oxygens (including phenoxy) is 1. The molecule has 5 heteroatoms. The van der Waals surface area contributed by atoms with Gasteiger partial charge >= 0.3 is 0 Å². The average molecular weight is 270 g/mol. The number of nitrogen functional groups attached to an aromatic ring is 1. The third kappa shape index (κ3) is 2.32. The van der Waals surface area contributed by atoms with Gasteiger partial charge in [0.05, 0.1) is 12.3 Å². The van der Waals surface area contributed by atoms with Gasteiger partial charge in [0.25, 0.3) is 0 Å². The van der Waals surface area contributed by atoms with E-state index in [0.29, 0.717) is 18.2 Å². The van der Waals surface area contributed by atoms with Gasteiger partial charge in [0.1, 0.15) is 5.82 Å². The predicted octanol–water partition coefficient (Wildman–Crippen LogP) is 1.86. The number of rotatable bonds is 3. The lowest BCUT2D eigenvalue weighted by molar-refractivity contribution is 0.181. The van der Waals surface area contributed by atoms with Crippen molar-refractivity contribution in [2.75, 3.05) is 31.3 Å². The van der Waals surface area contributed by atoms with Gasteiger partial charge in [-0.3, -0.25) is 0 Å². The maximum absolute atomic E-state index is 5.85. The molecule has 0 aliphatic carbocycles. The van der Waals surface area contributed by atoms with Gasteiger partial charge in [-0.1, -0.05) is 0 Å². The zero-order valence-electron chi connectivity index (χ0n) is 11.8. The summed E-state index contributed by atoms with van der Waals surface area (Å²) in [5, 5.41) is 0. The molecule has 104 valence electrons. The number of hydrogen-bond donors (Lipinski definition) is 1. The molecule has 5 nitrogen and oxygen atoms in total. The van der Waals surface area contributed by atoms with Crippen molar-refractivity contribution in [3.8, 4) is 11.4 Å². The van der Waals surface area contributed by atoms with Crippen LogP contribution in [0.25, 0.3) is 11.4 Å². The second kappa shape index (κ2) is 5.09. The van der Waals surface area contributed by atoms with E-state index in [1.165, 1.54) is 11.3 Å². The minimum Gasteiger partial charge on any atom is -0.384 e. The number of nitrogens with zero attached hydrogens (tertiary/aromatic N) is 3. The van der Waals surface area contributed by atoms with Crippen molar-refractivity contribution >= 4 is 11.5 Å². The smallest absolute Gasteiger partial charge is 0.161 e. The molecule has 1 aliphatic rings. The Morgan fingerprint density at radius 3 is 2.95 bits per heavy atom. The average Bonchev–Trinajstić information content (AvgIpc) is 2.80. The zero-order chi connectivity index (χ0) is 14.1. The van der Waals surface area contributed by atoms with Crippen LogP contribution in [0.15, 0.2) is 24.3 Å². The molecule has 20 heavy (non-hydrogen) atoms. The maximum atomic E-state index is 5.85. The minimum atomic E-state index is 0.438. The second-order valence-corrected chi connectivity index (χ2v) is 5.06. The van der Waals surface area contributed by atoms with E-state index in [4.69, 9.17) is 10.5 Å². The van der Waals surface area contributed by atoms with E-state index in [2.05, 4.69) is 34.0 Å². The van der Waals surface area contributed by atoms with E-state index < -0.39 is 0 Å². The van der Waals surface area contributed by atoms with Crippen molar-refractivity contribution in [2.45, 2.75) is 13.0 Å². The Morgan fingerprint density at radius 1 is 1.30 bits per heavy atom. The summed E-state index contributed by atoms with van der Waals surface area (Å²) in [4.78, 5) is 11.1. The fraction of sp³-hybridized carbons (Fsp3) is 0.333. The topological polar surface area (TPSA) is 64.3 Å². The number of aromatic nitrogens is 2. The van der Waals surface area contributed by atoms with Gasteiger partial charge in [-0.25, -0.2) is 9.97 Å². The standard InChI is InChI=1S/C15H18N4O/c1-19-6-5-10-7-11(3-4-13(10)19)15-17-12(9-20-2)8-14(16)18-15/h3-4,7-8H,5-6,9H2,1-2H3,(H2,16,17,18). The summed E-state index contributed by atoms with van der Waals surface area (Å²) in [6, 6.07) is 8.07. The highest BCUT2D eigenvalue weighted by Crippen LogP contribution is 2.30. The fourth-order valence-corrected chi connectivity index (χ4v) is 2.58. The second-order valence-electron chi connectivity index (χ2n) is 5.06. The molecule has 2 heterocycles. The number of likely N-dealkylation sites (N-methyl/N-ethyl adjacent to an activating group) is 1. The summed E-state index contributed by atoms with van der Waals surface area (Å²) in [5.41, 5.74) is 10.3. The first-order chi connectivity index (χ1) is 9.67. The molecule has 0 saturated carbocycles. The summed E-state index contributed by atoms with van der Waals surface area (Å²) in [5.74, 6) is 1.13. The van der Waals surface area contributed by atoms with Gasteiger partial charge in [0.15, 0.2) is 5.82 Å². The van der Waals surface area contributed by atoms with Gasteiger partial charge in [0.2, 0.25) is 0 Å². The maximum Gasteiger partial charge on any atom is 0.161 e. The molecule has 0 saturated heterocycles. The van der Waals surface area contributed by atoms with Crippen LogP contribution in [-0.4, -0.2) is 30.7 Å². The van der Waals surface area contributed by atoms with Gasteiger partial charge in [0, 0.05) is 38.0 Å². The number of nitrogens with two attached hydrogens (primary N) is 1. The van der Waals surface area contributed by atoms with Gasteiger partial charge in [-0.15, -0.1) is 0 Å². The predicted molar refractivity (Wildman–Crippen MR) is 79.6 cm³/mol. The van der Waals surface area contributed by atoms with Crippen LogP contribution in [0.5, 0.6) is 0 Å². The molecule has 3 rings (SSSR count). The molecule has 0 atom stereocenters. The van der Waals surface area contributed by atoms with Crippen molar-refractivity contribution in [1.29, 1.82) is 0 Å². The van der Waals surface area contributed by atoms with Crippen LogP contribution in [0.4, 0.5) is 11.5 Å². The van der Waals surface area contributed by atoms with Crippen LogP contribution in [0, 0.1) is 0 Å². The SMILES string of the molecule is COCc1cc(N)nc(-c2ccc3c(c2)CCN3C)n1. The van der Waals surface area contributed by atoms with E-state index in [1.807, 2.05) is 6.07 Å². The third-order valence-corrected chi connectivity index (χ3v) is 3.56. The van der Waals surface area contributed by atoms with Crippen LogP contribution in [0.2, 0.25) is 0 Å². The van der Waals surface area contributed by atoms with Crippen molar-refractivity contribution < 1.29 is 4.74 Å². The summed E-state index contributed by atoms with van der Waals surface area (Å²) >= 11 is 0. The Labute approximate surface area is 118 Å². The monoisotopic (exact) mass is 270 g/mol. The molecule has 1 aliphatic heterocycles. The third-order valence-electron chi connectivity index (χ3n) is 3.56. The van der Waals surface area contributed by atoms with E-state index >= 15 is 0 Å². The summed E-state index contributed by atoms with van der Waals surface area (Å²) in [6.45, 7) is 1.50. The van der Waals surface area contributed by atoms with E-state index in [0.717, 1.165) is 24.2 Å². The number of benzene rings is 1. The van der Waals surface area contributed by atoms with Crippen LogP contribution in [0.1, 0.15) is 11.3 Å². The van der Waals surface area contributed by atoms with Crippen molar-refractivity contribution in [1.82, 2.24) is 9.97 Å². The Balaban J connectivity index is 2.01. The Morgan fingerprint density at radius 2 is 2.15 bits per heavy atom. The molecule has 1 aromatic heterocycles. The van der Waals surface area contributed by atoms with E-state index in [1.54, 1.807) is 13.2 Å². The van der Waals surface area contributed by atoms with Gasteiger partial charge < -0.3 is 15.4 Å². The largest absolute Gasteiger partial charge is 0.384 e. The lowest BCUT2D eigenvalue weighted by Gasteiger charge is -2.12. The highest BCUT2D eigenvalue weighted by Gasteiger charge is 2.17. The van der Waals surface area contributed by atoms with Crippen LogP contribution >= 0.6 is 0 Å². The number of fused-ring (bicyclic) bond motifs is 1. The van der Waals surface area contributed by atoms with Crippen molar-refractivity contribution in [3.05, 3.63) is 35.5 Å². The molecule has 0 fully saturated rings. The Bertz CT molecular complexity index is 642. The molecule has 0 spiro atoms. The van der Waals surface area contributed by atoms with E-state index in [-0.39, 0.29) is 0 Å². The first-order valence-electron chi connectivity index (χ1n) is 6.64. The molecule has 1 aromatic carbocycles. The summed E-state index contributed by atoms with van der Waals surface area (Å²) < 4.78 is 5.11. The molecular formula is C15H18N4O. The van der Waals surface area contributed by atoms with Gasteiger partial charge in [-0.2, -0.15) is 0 Å². The zero-order valence-corrected chi connectivity index (χ0v) is 11.8. The van der Waals surface area contributed by atoms with E-state index in [9.17, 15) is 0 Å². The normalized spacial score (nSPS) is 13.6. The molecule has 2 N–H and O–H groups in total. The molecule has 0 unspecified atom stereocenters. The lowest BCUT2D eigenvalue weighted by atomic mass is 10.1. The summed E-state index contributed by atoms with van der Waals surface area (Å²) in [7, 11) is 3.75. The molecule has 2 aromatic rings. The Hall–Kier alpha value is -2.14. The molecule has 0 bridgehead atoms. The first-order valence-corrected chi connectivity index (χ1v) is 6.64. The number of anilines is 2. The van der Waals surface area contributed by atoms with Crippen molar-refractivity contribution in [3.63, 3.8) is 0 Å². The first kappa shape index (κ1) is 12.9. The summed E-state index contributed by atoms with van der Waals surface area (Å²) in [6.07, 6.45) is 1.06. The highest BCUT2D eigenvalue weighted by atomic mass is 16.5. The quantitative estimate of drug-likeness (QED) is 0.922. The fourth-order valence-electron chi connectivity index (χ4n) is 2.58. The van der Waals surface area contributed by atoms with Crippen LogP contribution < -0.4 is 10.6 Å². The Kier molecular flexibility index (Phi) is 3.28. The number of methoxy groups -OCH3 is 1. The molecular weight excluding hydrogens is 252 g/mol. The molecule has 0 radical (unpaired) electrons. The van der Waals surface area contributed by atoms with Gasteiger partial charge in [-0.05, 0) is 30.2 Å². The number of hydrogen-bond acceptors (Lipinski definition) is 5.